The molecule has 2 aromatic carbocycles. The number of benzene rings is 2. The van der Waals surface area contributed by atoms with E-state index in [2.05, 4.69) is 0 Å². The first-order chi connectivity index (χ1) is 11.4. The summed E-state index contributed by atoms with van der Waals surface area (Å²) in [6, 6.07) is 10.4. The fraction of sp³-hybridized carbons (Fsp3) is 0.211. The van der Waals surface area contributed by atoms with Gasteiger partial charge >= 0.3 is 5.63 Å². The lowest BCUT2D eigenvalue weighted by Crippen LogP contribution is -2.11. The molecule has 0 aliphatic heterocycles. The van der Waals surface area contributed by atoms with Crippen LogP contribution in [0.2, 0.25) is 5.02 Å². The van der Waals surface area contributed by atoms with Crippen LogP contribution in [0.15, 0.2) is 45.6 Å². The average Bonchev–Trinajstić information content (AvgIpc) is 2.50. The van der Waals surface area contributed by atoms with Crippen molar-refractivity contribution in [3.05, 3.63) is 63.0 Å². The smallest absolute Gasteiger partial charge is 0.344 e. The first kappa shape index (κ1) is 16.6. The number of nitrogens with zero attached hydrogens (tertiary/aromatic N) is 1. The van der Waals surface area contributed by atoms with Gasteiger partial charge in [-0.15, -0.1) is 0 Å². The van der Waals surface area contributed by atoms with E-state index in [1.165, 1.54) is 0 Å². The van der Waals surface area contributed by atoms with E-state index in [1.54, 1.807) is 36.4 Å². The van der Waals surface area contributed by atoms with Crippen LogP contribution in [0.1, 0.15) is 11.1 Å². The van der Waals surface area contributed by atoms with Crippen LogP contribution in [0.5, 0.6) is 5.75 Å². The Morgan fingerprint density at radius 3 is 2.46 bits per heavy atom. The Bertz CT molecular complexity index is 959. The van der Waals surface area contributed by atoms with Gasteiger partial charge in [0.1, 0.15) is 11.3 Å². The molecule has 0 saturated carbocycles. The lowest BCUT2D eigenvalue weighted by molar-refractivity contribution is 0.385. The second-order valence-electron chi connectivity index (χ2n) is 6.11. The Hall–Kier alpha value is -2.30. The molecule has 1 aromatic heterocycles. The SMILES string of the molecule is Cc1c(-c2ccc(Cl)cc2)c(=O)oc2cc(CN(C)C)c(O)cc12. The quantitative estimate of drug-likeness (QED) is 0.724. The molecular formula is C19H18ClNO3. The van der Waals surface area contributed by atoms with Gasteiger partial charge in [0.05, 0.1) is 5.56 Å². The predicted molar refractivity (Wildman–Crippen MR) is 96.7 cm³/mol. The topological polar surface area (TPSA) is 53.7 Å². The van der Waals surface area contributed by atoms with Crippen molar-refractivity contribution in [2.75, 3.05) is 14.1 Å². The predicted octanol–water partition coefficient (Wildman–Crippen LogP) is 4.19. The number of hydrogen-bond acceptors (Lipinski definition) is 4. The molecule has 0 aliphatic carbocycles. The summed E-state index contributed by atoms with van der Waals surface area (Å²) in [6.07, 6.45) is 0. The highest BCUT2D eigenvalue weighted by Crippen LogP contribution is 2.31. The Balaban J connectivity index is 2.24. The number of halogens is 1. The molecule has 0 saturated heterocycles. The number of aromatic hydroxyl groups is 1. The Morgan fingerprint density at radius 2 is 1.83 bits per heavy atom. The second kappa shape index (κ2) is 6.30. The fourth-order valence-electron chi connectivity index (χ4n) is 2.84. The minimum absolute atomic E-state index is 0.190. The maximum Gasteiger partial charge on any atom is 0.344 e. The summed E-state index contributed by atoms with van der Waals surface area (Å²) in [5.74, 6) is 0.190. The molecule has 0 radical (unpaired) electrons. The molecule has 0 fully saturated rings. The Morgan fingerprint density at radius 1 is 1.17 bits per heavy atom. The summed E-state index contributed by atoms with van der Waals surface area (Å²) in [5.41, 5.74) is 2.79. The van der Waals surface area contributed by atoms with Gasteiger partial charge < -0.3 is 14.4 Å². The van der Waals surface area contributed by atoms with Crippen molar-refractivity contribution >= 4 is 22.6 Å². The van der Waals surface area contributed by atoms with E-state index in [1.807, 2.05) is 25.9 Å². The van der Waals surface area contributed by atoms with Crippen LogP contribution in [0.25, 0.3) is 22.1 Å². The van der Waals surface area contributed by atoms with Crippen molar-refractivity contribution in [1.82, 2.24) is 4.90 Å². The van der Waals surface area contributed by atoms with Gasteiger partial charge in [-0.05, 0) is 56.4 Å². The normalized spacial score (nSPS) is 11.4. The van der Waals surface area contributed by atoms with Gasteiger partial charge in [-0.25, -0.2) is 4.79 Å². The number of rotatable bonds is 3. The lowest BCUT2D eigenvalue weighted by atomic mass is 9.98. The molecule has 124 valence electrons. The molecule has 3 aromatic rings. The van der Waals surface area contributed by atoms with E-state index in [-0.39, 0.29) is 5.75 Å². The number of hydrogen-bond donors (Lipinski definition) is 1. The minimum atomic E-state index is -0.399. The zero-order valence-electron chi connectivity index (χ0n) is 13.8. The van der Waals surface area contributed by atoms with E-state index in [0.29, 0.717) is 28.3 Å². The molecule has 3 rings (SSSR count). The largest absolute Gasteiger partial charge is 0.508 e. The molecule has 5 heteroatoms. The zero-order chi connectivity index (χ0) is 17.4. The van der Waals surface area contributed by atoms with Crippen molar-refractivity contribution < 1.29 is 9.52 Å². The van der Waals surface area contributed by atoms with Crippen LogP contribution in [0.3, 0.4) is 0 Å². The molecule has 24 heavy (non-hydrogen) atoms. The highest BCUT2D eigenvalue weighted by molar-refractivity contribution is 6.30. The monoisotopic (exact) mass is 343 g/mol. The Labute approximate surface area is 144 Å². The highest BCUT2D eigenvalue weighted by atomic mass is 35.5. The van der Waals surface area contributed by atoms with Crippen molar-refractivity contribution in [1.29, 1.82) is 0 Å². The molecule has 4 nitrogen and oxygen atoms in total. The molecule has 0 atom stereocenters. The van der Waals surface area contributed by atoms with Crippen LogP contribution in [-0.2, 0) is 6.54 Å². The van der Waals surface area contributed by atoms with Gasteiger partial charge in [-0.3, -0.25) is 0 Å². The highest BCUT2D eigenvalue weighted by Gasteiger charge is 2.16. The van der Waals surface area contributed by atoms with Gasteiger partial charge in [-0.2, -0.15) is 0 Å². The van der Waals surface area contributed by atoms with Crippen LogP contribution >= 0.6 is 11.6 Å². The summed E-state index contributed by atoms with van der Waals surface area (Å²) >= 11 is 5.91. The maximum absolute atomic E-state index is 12.5. The van der Waals surface area contributed by atoms with Crippen molar-refractivity contribution in [3.63, 3.8) is 0 Å². The number of fused-ring (bicyclic) bond motifs is 1. The van der Waals surface area contributed by atoms with E-state index < -0.39 is 5.63 Å². The number of aryl methyl sites for hydroxylation is 1. The summed E-state index contributed by atoms with van der Waals surface area (Å²) in [5, 5.41) is 11.6. The first-order valence-electron chi connectivity index (χ1n) is 7.57. The molecule has 0 unspecified atom stereocenters. The minimum Gasteiger partial charge on any atom is -0.508 e. The fourth-order valence-corrected chi connectivity index (χ4v) is 2.97. The van der Waals surface area contributed by atoms with Gasteiger partial charge in [-0.1, -0.05) is 23.7 Å². The molecule has 1 heterocycles. The number of phenolic OH excluding ortho intramolecular Hbond substituents is 1. The molecule has 0 spiro atoms. The van der Waals surface area contributed by atoms with Crippen LogP contribution < -0.4 is 5.63 Å². The average molecular weight is 344 g/mol. The van der Waals surface area contributed by atoms with Gasteiger partial charge in [0.2, 0.25) is 0 Å². The van der Waals surface area contributed by atoms with Crippen LogP contribution in [-0.4, -0.2) is 24.1 Å². The van der Waals surface area contributed by atoms with E-state index in [9.17, 15) is 9.90 Å². The molecular weight excluding hydrogens is 326 g/mol. The van der Waals surface area contributed by atoms with Crippen LogP contribution in [0.4, 0.5) is 0 Å². The Kier molecular flexibility index (Phi) is 4.35. The summed E-state index contributed by atoms with van der Waals surface area (Å²) in [4.78, 5) is 14.4. The second-order valence-corrected chi connectivity index (χ2v) is 6.55. The lowest BCUT2D eigenvalue weighted by Gasteiger charge is -2.13. The van der Waals surface area contributed by atoms with Gasteiger partial charge in [0.15, 0.2) is 0 Å². The van der Waals surface area contributed by atoms with Crippen molar-refractivity contribution in [2.24, 2.45) is 0 Å². The van der Waals surface area contributed by atoms with Gasteiger partial charge in [0, 0.05) is 22.5 Å². The third kappa shape index (κ3) is 3.03. The molecule has 0 aliphatic rings. The molecule has 0 bridgehead atoms. The van der Waals surface area contributed by atoms with Crippen LogP contribution in [0, 0.1) is 6.92 Å². The van der Waals surface area contributed by atoms with E-state index >= 15 is 0 Å². The summed E-state index contributed by atoms with van der Waals surface area (Å²) in [6.45, 7) is 2.41. The molecule has 0 amide bonds. The number of phenols is 1. The van der Waals surface area contributed by atoms with Crippen molar-refractivity contribution in [3.8, 4) is 16.9 Å². The molecule has 1 N–H and O–H groups in total. The van der Waals surface area contributed by atoms with E-state index in [4.69, 9.17) is 16.0 Å². The maximum atomic E-state index is 12.5. The van der Waals surface area contributed by atoms with Gasteiger partial charge in [0.25, 0.3) is 0 Å². The van der Waals surface area contributed by atoms with E-state index in [0.717, 1.165) is 16.5 Å². The zero-order valence-corrected chi connectivity index (χ0v) is 14.5. The van der Waals surface area contributed by atoms with Crippen molar-refractivity contribution in [2.45, 2.75) is 13.5 Å². The summed E-state index contributed by atoms with van der Waals surface area (Å²) < 4.78 is 5.52. The summed E-state index contributed by atoms with van der Waals surface area (Å²) in [7, 11) is 3.82. The standard InChI is InChI=1S/C19H18ClNO3/c1-11-15-9-16(22)13(10-21(2)3)8-17(15)24-19(23)18(11)12-4-6-14(20)7-5-12/h4-9,22H,10H2,1-3H3. The third-order valence-electron chi connectivity index (χ3n) is 3.99. The first-order valence-corrected chi connectivity index (χ1v) is 7.94. The third-order valence-corrected chi connectivity index (χ3v) is 4.24.